The highest BCUT2D eigenvalue weighted by Gasteiger charge is 2.05. The zero-order chi connectivity index (χ0) is 13.4. The molecule has 7 heteroatoms. The standard InChI is InChI=1S/C11H19N5O2/c1-3-5-13-8-6-9(16-11(12)15-8)14-7-10(17)18-4-2/h6H,3-5,7H2,1-2H3,(H4,12,13,14,15,16). The molecule has 0 aliphatic carbocycles. The summed E-state index contributed by atoms with van der Waals surface area (Å²) in [6, 6.07) is 1.70. The zero-order valence-corrected chi connectivity index (χ0v) is 10.7. The SMILES string of the molecule is CCCNc1cc(NCC(=O)OCC)nc(N)n1. The zero-order valence-electron chi connectivity index (χ0n) is 10.7. The third-order valence-corrected chi connectivity index (χ3v) is 2.02. The summed E-state index contributed by atoms with van der Waals surface area (Å²) in [4.78, 5) is 19.2. The Kier molecular flexibility index (Phi) is 5.69. The lowest BCUT2D eigenvalue weighted by atomic mass is 10.4. The topological polar surface area (TPSA) is 102 Å². The molecule has 100 valence electrons. The van der Waals surface area contributed by atoms with E-state index in [9.17, 15) is 4.79 Å². The Morgan fingerprint density at radius 1 is 1.33 bits per heavy atom. The van der Waals surface area contributed by atoms with Crippen LogP contribution in [-0.4, -0.2) is 35.6 Å². The molecule has 0 unspecified atom stereocenters. The Bertz CT molecular complexity index is 397. The molecule has 7 nitrogen and oxygen atoms in total. The Balaban J connectivity index is 2.59. The first-order chi connectivity index (χ1) is 8.65. The minimum absolute atomic E-state index is 0.0531. The number of nitrogens with one attached hydrogen (secondary N) is 2. The first-order valence-electron chi connectivity index (χ1n) is 5.93. The van der Waals surface area contributed by atoms with Crippen LogP contribution in [0.25, 0.3) is 0 Å². The highest BCUT2D eigenvalue weighted by molar-refractivity contribution is 5.74. The highest BCUT2D eigenvalue weighted by atomic mass is 16.5. The second-order valence-corrected chi connectivity index (χ2v) is 3.58. The van der Waals surface area contributed by atoms with E-state index in [2.05, 4.69) is 27.5 Å². The van der Waals surface area contributed by atoms with Crippen molar-refractivity contribution in [1.29, 1.82) is 0 Å². The van der Waals surface area contributed by atoms with E-state index in [1.807, 2.05) is 0 Å². The van der Waals surface area contributed by atoms with Crippen LogP contribution in [0.2, 0.25) is 0 Å². The van der Waals surface area contributed by atoms with Gasteiger partial charge in [0.2, 0.25) is 5.95 Å². The maximum absolute atomic E-state index is 11.2. The minimum Gasteiger partial charge on any atom is -0.465 e. The van der Waals surface area contributed by atoms with Gasteiger partial charge in [-0.05, 0) is 13.3 Å². The van der Waals surface area contributed by atoms with Crippen molar-refractivity contribution in [2.75, 3.05) is 36.1 Å². The molecule has 0 aliphatic rings. The molecule has 0 saturated carbocycles. The van der Waals surface area contributed by atoms with Crippen molar-refractivity contribution >= 4 is 23.6 Å². The number of ether oxygens (including phenoxy) is 1. The van der Waals surface area contributed by atoms with Crippen LogP contribution in [0, 0.1) is 0 Å². The number of nitrogens with zero attached hydrogens (tertiary/aromatic N) is 2. The van der Waals surface area contributed by atoms with E-state index in [4.69, 9.17) is 10.5 Å². The van der Waals surface area contributed by atoms with Gasteiger partial charge >= 0.3 is 5.97 Å². The van der Waals surface area contributed by atoms with E-state index in [1.165, 1.54) is 0 Å². The number of hydrogen-bond donors (Lipinski definition) is 3. The number of esters is 1. The summed E-state index contributed by atoms with van der Waals surface area (Å²) >= 11 is 0. The molecule has 0 saturated heterocycles. The van der Waals surface area contributed by atoms with Gasteiger partial charge in [0.15, 0.2) is 0 Å². The number of carbonyl (C=O) groups excluding carboxylic acids is 1. The summed E-state index contributed by atoms with van der Waals surface area (Å²) in [5.74, 6) is 0.949. The van der Waals surface area contributed by atoms with E-state index in [0.717, 1.165) is 13.0 Å². The van der Waals surface area contributed by atoms with Gasteiger partial charge in [-0.15, -0.1) is 0 Å². The van der Waals surface area contributed by atoms with Gasteiger partial charge in [-0.25, -0.2) is 0 Å². The van der Waals surface area contributed by atoms with Crippen LogP contribution in [0.15, 0.2) is 6.07 Å². The molecule has 1 heterocycles. The predicted octanol–water partition coefficient (Wildman–Crippen LogP) is 0.856. The maximum Gasteiger partial charge on any atom is 0.325 e. The number of hydrogen-bond acceptors (Lipinski definition) is 7. The van der Waals surface area contributed by atoms with Crippen molar-refractivity contribution in [2.24, 2.45) is 0 Å². The minimum atomic E-state index is -0.335. The molecular formula is C11H19N5O2. The lowest BCUT2D eigenvalue weighted by Crippen LogP contribution is -2.18. The summed E-state index contributed by atoms with van der Waals surface area (Å²) in [5, 5.41) is 5.94. The molecule has 0 aromatic carbocycles. The van der Waals surface area contributed by atoms with Gasteiger partial charge in [0, 0.05) is 12.6 Å². The highest BCUT2D eigenvalue weighted by Crippen LogP contribution is 2.12. The second-order valence-electron chi connectivity index (χ2n) is 3.58. The predicted molar refractivity (Wildman–Crippen MR) is 70.3 cm³/mol. The first kappa shape index (κ1) is 14.0. The number of nitrogens with two attached hydrogens (primary N) is 1. The van der Waals surface area contributed by atoms with Crippen LogP contribution in [0.1, 0.15) is 20.3 Å². The van der Waals surface area contributed by atoms with Crippen molar-refractivity contribution in [3.63, 3.8) is 0 Å². The fraction of sp³-hybridized carbons (Fsp3) is 0.545. The number of nitrogen functional groups attached to an aromatic ring is 1. The van der Waals surface area contributed by atoms with E-state index in [0.29, 0.717) is 18.2 Å². The van der Waals surface area contributed by atoms with Crippen LogP contribution in [0.5, 0.6) is 0 Å². The molecule has 18 heavy (non-hydrogen) atoms. The second kappa shape index (κ2) is 7.31. The van der Waals surface area contributed by atoms with E-state index in [-0.39, 0.29) is 18.5 Å². The number of anilines is 3. The molecule has 0 fully saturated rings. The fourth-order valence-corrected chi connectivity index (χ4v) is 1.27. The molecule has 0 aliphatic heterocycles. The number of aromatic nitrogens is 2. The Morgan fingerprint density at radius 3 is 2.61 bits per heavy atom. The molecule has 4 N–H and O–H groups in total. The number of carbonyl (C=O) groups is 1. The van der Waals surface area contributed by atoms with Gasteiger partial charge in [0.05, 0.1) is 6.61 Å². The van der Waals surface area contributed by atoms with Crippen LogP contribution < -0.4 is 16.4 Å². The molecule has 0 atom stereocenters. The smallest absolute Gasteiger partial charge is 0.325 e. The summed E-state index contributed by atoms with van der Waals surface area (Å²) in [5.41, 5.74) is 5.58. The first-order valence-corrected chi connectivity index (χ1v) is 5.93. The van der Waals surface area contributed by atoms with Gasteiger partial charge in [0.25, 0.3) is 0 Å². The molecule has 0 bridgehead atoms. The van der Waals surface area contributed by atoms with Crippen LogP contribution in [0.4, 0.5) is 17.6 Å². The summed E-state index contributed by atoms with van der Waals surface area (Å²) in [6.07, 6.45) is 0.982. The van der Waals surface area contributed by atoms with Gasteiger partial charge in [-0.3, -0.25) is 4.79 Å². The van der Waals surface area contributed by atoms with Crippen molar-refractivity contribution < 1.29 is 9.53 Å². The van der Waals surface area contributed by atoms with Crippen LogP contribution >= 0.6 is 0 Å². The summed E-state index contributed by atoms with van der Waals surface area (Å²) in [7, 11) is 0. The van der Waals surface area contributed by atoms with Crippen LogP contribution in [-0.2, 0) is 9.53 Å². The quantitative estimate of drug-likeness (QED) is 0.619. The molecule has 0 spiro atoms. The Hall–Kier alpha value is -2.05. The fourth-order valence-electron chi connectivity index (χ4n) is 1.27. The van der Waals surface area contributed by atoms with Gasteiger partial charge in [0.1, 0.15) is 18.2 Å². The molecule has 1 aromatic rings. The lowest BCUT2D eigenvalue weighted by molar-refractivity contribution is -0.140. The maximum atomic E-state index is 11.2. The van der Waals surface area contributed by atoms with Crippen molar-refractivity contribution in [3.05, 3.63) is 6.07 Å². The average Bonchev–Trinajstić information content (AvgIpc) is 2.34. The molecule has 1 rings (SSSR count). The number of rotatable bonds is 7. The Morgan fingerprint density at radius 2 is 2.00 bits per heavy atom. The monoisotopic (exact) mass is 253 g/mol. The largest absolute Gasteiger partial charge is 0.465 e. The van der Waals surface area contributed by atoms with Gasteiger partial charge in [-0.2, -0.15) is 9.97 Å². The lowest BCUT2D eigenvalue weighted by Gasteiger charge is -2.09. The third-order valence-electron chi connectivity index (χ3n) is 2.02. The van der Waals surface area contributed by atoms with E-state index < -0.39 is 0 Å². The molecule has 0 amide bonds. The summed E-state index contributed by atoms with van der Waals surface area (Å²) in [6.45, 7) is 5.02. The van der Waals surface area contributed by atoms with Crippen molar-refractivity contribution in [1.82, 2.24) is 9.97 Å². The van der Waals surface area contributed by atoms with Gasteiger partial charge < -0.3 is 21.1 Å². The average molecular weight is 253 g/mol. The Labute approximate surface area is 106 Å². The molecular weight excluding hydrogens is 234 g/mol. The summed E-state index contributed by atoms with van der Waals surface area (Å²) < 4.78 is 4.80. The third kappa shape index (κ3) is 4.86. The molecule has 1 aromatic heterocycles. The van der Waals surface area contributed by atoms with Gasteiger partial charge in [-0.1, -0.05) is 6.92 Å². The van der Waals surface area contributed by atoms with E-state index >= 15 is 0 Å². The van der Waals surface area contributed by atoms with Crippen molar-refractivity contribution in [3.8, 4) is 0 Å². The normalized spacial score (nSPS) is 9.89. The van der Waals surface area contributed by atoms with Crippen LogP contribution in [0.3, 0.4) is 0 Å². The van der Waals surface area contributed by atoms with Crippen molar-refractivity contribution in [2.45, 2.75) is 20.3 Å². The van der Waals surface area contributed by atoms with E-state index in [1.54, 1.807) is 13.0 Å². The molecule has 0 radical (unpaired) electrons.